The lowest BCUT2D eigenvalue weighted by Gasteiger charge is -2.39. The number of carbonyl (C=O) groups excluding carboxylic acids is 2. The van der Waals surface area contributed by atoms with Crippen molar-refractivity contribution in [3.63, 3.8) is 0 Å². The summed E-state index contributed by atoms with van der Waals surface area (Å²) in [6, 6.07) is 0. The van der Waals surface area contributed by atoms with Crippen molar-refractivity contribution in [3.8, 4) is 0 Å². The zero-order valence-corrected chi connectivity index (χ0v) is 17.1. The largest absolute Gasteiger partial charge is 0.458 e. The van der Waals surface area contributed by atoms with Gasteiger partial charge in [0.2, 0.25) is 0 Å². The number of carbonyl (C=O) groups is 2. The average Bonchev–Trinajstić information content (AvgIpc) is 3.21. The quantitative estimate of drug-likeness (QED) is 0.336. The van der Waals surface area contributed by atoms with Crippen LogP contribution in [0, 0.1) is 11.3 Å². The van der Waals surface area contributed by atoms with Gasteiger partial charge in [-0.15, -0.1) is 0 Å². The molecule has 4 aliphatic rings. The third-order valence-corrected chi connectivity index (χ3v) is 6.38. The van der Waals surface area contributed by atoms with Crippen LogP contribution in [0.1, 0.15) is 40.5 Å². The van der Waals surface area contributed by atoms with Crippen molar-refractivity contribution in [3.05, 3.63) is 47.0 Å². The van der Waals surface area contributed by atoms with Crippen LogP contribution in [0.2, 0.25) is 0 Å². The second-order valence-electron chi connectivity index (χ2n) is 8.57. The fraction of sp³-hybridized carbons (Fsp3) is 0.545. The summed E-state index contributed by atoms with van der Waals surface area (Å²) in [5.74, 6) is -0.931. The standard InChI is InChI=1S/C22H26O7/c1-10-8-16(27-11(10)2)26-9-14-17-19(28-12(3)23)13-6-7-15(24)22(4,5)18(13)20(17)29-21(14)25/h8-9,15-17,19-20,24H,2,6-7H2,1,3-5H3/b14-9+/t15?,16-,17+,19-,20+/m1/s1. The first kappa shape index (κ1) is 19.8. The zero-order chi connectivity index (χ0) is 21.1. The van der Waals surface area contributed by atoms with Crippen LogP contribution in [-0.4, -0.2) is 41.6 Å². The molecule has 5 atom stereocenters. The van der Waals surface area contributed by atoms with E-state index in [1.807, 2.05) is 20.8 Å². The monoisotopic (exact) mass is 402 g/mol. The van der Waals surface area contributed by atoms with Gasteiger partial charge in [-0.25, -0.2) is 4.79 Å². The summed E-state index contributed by atoms with van der Waals surface area (Å²) in [5.41, 5.74) is 2.37. The Balaban J connectivity index is 1.68. The number of aliphatic hydroxyl groups excluding tert-OH is 1. The van der Waals surface area contributed by atoms with Crippen molar-refractivity contribution < 1.29 is 33.6 Å². The Morgan fingerprint density at radius 2 is 2.10 bits per heavy atom. The maximum Gasteiger partial charge on any atom is 0.338 e. The van der Waals surface area contributed by atoms with Gasteiger partial charge in [-0.3, -0.25) is 4.79 Å². The van der Waals surface area contributed by atoms with Crippen LogP contribution < -0.4 is 0 Å². The smallest absolute Gasteiger partial charge is 0.338 e. The number of esters is 2. The van der Waals surface area contributed by atoms with Crippen molar-refractivity contribution in [2.45, 2.75) is 65.1 Å². The number of hydrogen-bond acceptors (Lipinski definition) is 7. The van der Waals surface area contributed by atoms with Gasteiger partial charge in [0.25, 0.3) is 6.29 Å². The van der Waals surface area contributed by atoms with Crippen molar-refractivity contribution in [1.82, 2.24) is 0 Å². The van der Waals surface area contributed by atoms with E-state index < -0.39 is 47.9 Å². The predicted octanol–water partition coefficient (Wildman–Crippen LogP) is 2.67. The Bertz CT molecular complexity index is 876. The molecular weight excluding hydrogens is 376 g/mol. The molecule has 2 heterocycles. The number of aliphatic hydroxyl groups is 1. The summed E-state index contributed by atoms with van der Waals surface area (Å²) in [6.45, 7) is 10.8. The minimum absolute atomic E-state index is 0.299. The van der Waals surface area contributed by atoms with Gasteiger partial charge in [0.05, 0.1) is 23.9 Å². The zero-order valence-electron chi connectivity index (χ0n) is 17.1. The summed E-state index contributed by atoms with van der Waals surface area (Å²) < 4.78 is 22.5. The van der Waals surface area contributed by atoms with Gasteiger partial charge in [-0.05, 0) is 36.5 Å². The first-order valence-electron chi connectivity index (χ1n) is 9.80. The lowest BCUT2D eigenvalue weighted by atomic mass is 9.70. The Labute approximate surface area is 169 Å². The topological polar surface area (TPSA) is 91.3 Å². The molecule has 2 aliphatic carbocycles. The van der Waals surface area contributed by atoms with Gasteiger partial charge in [0.1, 0.15) is 18.0 Å². The summed E-state index contributed by atoms with van der Waals surface area (Å²) in [6.07, 6.45) is 1.83. The average molecular weight is 402 g/mol. The Hall–Kier alpha value is -2.54. The van der Waals surface area contributed by atoms with Gasteiger partial charge >= 0.3 is 11.9 Å². The van der Waals surface area contributed by atoms with Crippen molar-refractivity contribution in [2.75, 3.05) is 0 Å². The molecule has 7 heteroatoms. The highest BCUT2D eigenvalue weighted by molar-refractivity contribution is 5.93. The van der Waals surface area contributed by atoms with Crippen LogP contribution >= 0.6 is 0 Å². The van der Waals surface area contributed by atoms with E-state index in [1.165, 1.54) is 13.2 Å². The van der Waals surface area contributed by atoms with E-state index in [-0.39, 0.29) is 0 Å². The first-order chi connectivity index (χ1) is 13.6. The molecule has 0 bridgehead atoms. The van der Waals surface area contributed by atoms with E-state index in [4.69, 9.17) is 18.9 Å². The lowest BCUT2D eigenvalue weighted by Crippen LogP contribution is -2.38. The molecule has 0 aromatic carbocycles. The molecule has 2 aliphatic heterocycles. The van der Waals surface area contributed by atoms with Crippen LogP contribution in [-0.2, 0) is 28.5 Å². The normalized spacial score (nSPS) is 36.4. The van der Waals surface area contributed by atoms with Crippen LogP contribution in [0.3, 0.4) is 0 Å². The van der Waals surface area contributed by atoms with Crippen LogP contribution in [0.25, 0.3) is 0 Å². The fourth-order valence-corrected chi connectivity index (χ4v) is 4.78. The molecule has 4 rings (SSSR count). The highest BCUT2D eigenvalue weighted by atomic mass is 16.7. The molecule has 0 amide bonds. The molecule has 156 valence electrons. The van der Waals surface area contributed by atoms with Gasteiger partial charge in [0, 0.05) is 18.4 Å². The van der Waals surface area contributed by atoms with E-state index in [0.717, 1.165) is 16.7 Å². The molecule has 0 radical (unpaired) electrons. The van der Waals surface area contributed by atoms with E-state index in [9.17, 15) is 14.7 Å². The minimum Gasteiger partial charge on any atom is -0.458 e. The first-order valence-corrected chi connectivity index (χ1v) is 9.80. The second-order valence-corrected chi connectivity index (χ2v) is 8.57. The highest BCUT2D eigenvalue weighted by Gasteiger charge is 2.60. The molecule has 29 heavy (non-hydrogen) atoms. The van der Waals surface area contributed by atoms with Gasteiger partial charge in [0.15, 0.2) is 0 Å². The Kier molecular flexibility index (Phi) is 4.61. The maximum absolute atomic E-state index is 12.6. The third-order valence-electron chi connectivity index (χ3n) is 6.38. The van der Waals surface area contributed by atoms with Crippen LogP contribution in [0.15, 0.2) is 47.0 Å². The third kappa shape index (κ3) is 3.08. The molecule has 1 saturated heterocycles. The number of hydrogen-bond donors (Lipinski definition) is 1. The van der Waals surface area contributed by atoms with Gasteiger partial charge in [-0.1, -0.05) is 20.4 Å². The summed E-state index contributed by atoms with van der Waals surface area (Å²) in [5, 5.41) is 10.5. The van der Waals surface area contributed by atoms with E-state index in [2.05, 4.69) is 6.58 Å². The molecule has 1 unspecified atom stereocenters. The molecular formula is C22H26O7. The molecule has 1 N–H and O–H groups in total. The minimum atomic E-state index is -0.670. The summed E-state index contributed by atoms with van der Waals surface area (Å²) in [7, 11) is 0. The Morgan fingerprint density at radius 3 is 2.72 bits per heavy atom. The molecule has 0 spiro atoms. The number of ether oxygens (including phenoxy) is 4. The van der Waals surface area contributed by atoms with Crippen molar-refractivity contribution in [2.24, 2.45) is 11.3 Å². The molecule has 0 aromatic rings. The lowest BCUT2D eigenvalue weighted by molar-refractivity contribution is -0.146. The fourth-order valence-electron chi connectivity index (χ4n) is 4.78. The molecule has 7 nitrogen and oxygen atoms in total. The summed E-state index contributed by atoms with van der Waals surface area (Å²) in [4.78, 5) is 24.5. The van der Waals surface area contributed by atoms with Gasteiger partial charge < -0.3 is 24.1 Å². The summed E-state index contributed by atoms with van der Waals surface area (Å²) >= 11 is 0. The molecule has 1 fully saturated rings. The SMILES string of the molecule is C=C1O[C@@H](O/C=C2/C(=O)O[C@@H]3C4=C(CCC(O)C4(C)C)[C@@H](OC(C)=O)[C@H]23)C=C1C. The van der Waals surface area contributed by atoms with E-state index >= 15 is 0 Å². The van der Waals surface area contributed by atoms with Crippen LogP contribution in [0.4, 0.5) is 0 Å². The highest BCUT2D eigenvalue weighted by Crippen LogP contribution is 2.55. The predicted molar refractivity (Wildman–Crippen MR) is 102 cm³/mol. The molecule has 0 saturated carbocycles. The maximum atomic E-state index is 12.6. The molecule has 0 aromatic heterocycles. The number of allylic oxidation sites excluding steroid dienone is 1. The number of rotatable bonds is 3. The van der Waals surface area contributed by atoms with Crippen LogP contribution in [0.5, 0.6) is 0 Å². The second kappa shape index (κ2) is 6.76. The number of fused-ring (bicyclic) bond motifs is 2. The van der Waals surface area contributed by atoms with Gasteiger partial charge in [-0.2, -0.15) is 0 Å². The Morgan fingerprint density at radius 1 is 1.38 bits per heavy atom. The van der Waals surface area contributed by atoms with E-state index in [1.54, 1.807) is 6.08 Å². The van der Waals surface area contributed by atoms with E-state index in [0.29, 0.717) is 24.2 Å². The van der Waals surface area contributed by atoms with Crippen molar-refractivity contribution in [1.29, 1.82) is 0 Å². The van der Waals surface area contributed by atoms with Crippen molar-refractivity contribution >= 4 is 11.9 Å².